The second-order valence-corrected chi connectivity index (χ2v) is 9.13. The van der Waals surface area contributed by atoms with Crippen LogP contribution >= 0.6 is 0 Å². The zero-order chi connectivity index (χ0) is 12.7. The van der Waals surface area contributed by atoms with Crippen molar-refractivity contribution in [2.75, 3.05) is 30.3 Å². The SMILES string of the molecule is NS(=O)(=O)CC1CNCC12CCS(=O)(=O)CC2. The number of nitrogens with two attached hydrogens (primary N) is 1. The summed E-state index contributed by atoms with van der Waals surface area (Å²) in [7, 11) is -6.42. The fraction of sp³-hybridized carbons (Fsp3) is 1.00. The maximum atomic E-state index is 11.4. The van der Waals surface area contributed by atoms with Crippen molar-refractivity contribution < 1.29 is 16.8 Å². The molecule has 100 valence electrons. The molecular formula is C9H18N2O4S2. The normalized spacial score (nSPS) is 31.7. The average Bonchev–Trinajstić information content (AvgIpc) is 2.53. The summed E-state index contributed by atoms with van der Waals surface area (Å²) in [6.45, 7) is 1.30. The first-order valence-corrected chi connectivity index (χ1v) is 9.18. The van der Waals surface area contributed by atoms with Gasteiger partial charge in [-0.3, -0.25) is 0 Å². The van der Waals surface area contributed by atoms with Crippen LogP contribution in [0, 0.1) is 11.3 Å². The van der Waals surface area contributed by atoms with Crippen molar-refractivity contribution in [3.8, 4) is 0 Å². The Kier molecular flexibility index (Phi) is 3.26. The fourth-order valence-corrected chi connectivity index (χ4v) is 5.57. The van der Waals surface area contributed by atoms with Crippen LogP contribution < -0.4 is 10.5 Å². The lowest BCUT2D eigenvalue weighted by molar-refractivity contribution is 0.216. The molecule has 0 aliphatic carbocycles. The summed E-state index contributed by atoms with van der Waals surface area (Å²) in [4.78, 5) is 0. The standard InChI is InChI=1S/C9H18N2O4S2/c10-17(14,15)6-8-5-11-7-9(8)1-3-16(12,13)4-2-9/h8,11H,1-7H2,(H2,10,14,15). The molecule has 0 aromatic heterocycles. The second-order valence-electron chi connectivity index (χ2n) is 5.17. The molecule has 2 aliphatic rings. The highest BCUT2D eigenvalue weighted by Crippen LogP contribution is 2.42. The number of sulfonamides is 1. The maximum absolute atomic E-state index is 11.4. The van der Waals surface area contributed by atoms with Gasteiger partial charge in [-0.2, -0.15) is 0 Å². The van der Waals surface area contributed by atoms with Crippen LogP contribution in [0.1, 0.15) is 12.8 Å². The van der Waals surface area contributed by atoms with E-state index in [-0.39, 0.29) is 28.6 Å². The first-order chi connectivity index (χ1) is 7.73. The predicted octanol–water partition coefficient (Wildman–Crippen LogP) is -1.31. The van der Waals surface area contributed by atoms with E-state index in [4.69, 9.17) is 5.14 Å². The van der Waals surface area contributed by atoms with Gasteiger partial charge < -0.3 is 5.32 Å². The van der Waals surface area contributed by atoms with Crippen LogP contribution in [-0.4, -0.2) is 47.2 Å². The van der Waals surface area contributed by atoms with Crippen molar-refractivity contribution in [2.24, 2.45) is 16.5 Å². The Morgan fingerprint density at radius 1 is 1.29 bits per heavy atom. The van der Waals surface area contributed by atoms with Gasteiger partial charge in [-0.25, -0.2) is 22.0 Å². The third-order valence-corrected chi connectivity index (χ3v) is 6.51. The van der Waals surface area contributed by atoms with Crippen molar-refractivity contribution in [1.82, 2.24) is 5.32 Å². The van der Waals surface area contributed by atoms with Gasteiger partial charge in [0.25, 0.3) is 0 Å². The van der Waals surface area contributed by atoms with Gasteiger partial charge in [0, 0.05) is 6.54 Å². The minimum absolute atomic E-state index is 0.0555. The van der Waals surface area contributed by atoms with Gasteiger partial charge in [-0.1, -0.05) is 0 Å². The molecule has 1 atom stereocenters. The van der Waals surface area contributed by atoms with Crippen LogP contribution in [0.15, 0.2) is 0 Å². The van der Waals surface area contributed by atoms with E-state index in [0.717, 1.165) is 0 Å². The van der Waals surface area contributed by atoms with Crippen LogP contribution in [0.5, 0.6) is 0 Å². The first kappa shape index (κ1) is 13.3. The van der Waals surface area contributed by atoms with Crippen LogP contribution in [0.4, 0.5) is 0 Å². The number of hydrogen-bond donors (Lipinski definition) is 2. The Hall–Kier alpha value is -0.180. The van der Waals surface area contributed by atoms with Gasteiger partial charge >= 0.3 is 0 Å². The molecule has 0 bridgehead atoms. The molecule has 3 N–H and O–H groups in total. The van der Waals surface area contributed by atoms with Gasteiger partial charge in [0.05, 0.1) is 17.3 Å². The third-order valence-electron chi connectivity index (χ3n) is 3.99. The molecule has 2 aliphatic heterocycles. The fourth-order valence-electron chi connectivity index (χ4n) is 2.90. The molecule has 0 aromatic carbocycles. The van der Waals surface area contributed by atoms with Gasteiger partial charge in [0.2, 0.25) is 10.0 Å². The average molecular weight is 282 g/mol. The minimum atomic E-state index is -3.50. The Bertz CT molecular complexity index is 483. The predicted molar refractivity (Wildman–Crippen MR) is 64.7 cm³/mol. The Morgan fingerprint density at radius 2 is 1.88 bits per heavy atom. The summed E-state index contributed by atoms with van der Waals surface area (Å²) in [5, 5.41) is 8.25. The van der Waals surface area contributed by atoms with Crippen molar-refractivity contribution >= 4 is 19.9 Å². The quantitative estimate of drug-likeness (QED) is 0.654. The van der Waals surface area contributed by atoms with Crippen molar-refractivity contribution in [1.29, 1.82) is 0 Å². The lowest BCUT2D eigenvalue weighted by atomic mass is 9.74. The molecule has 0 saturated carbocycles. The van der Waals surface area contributed by atoms with E-state index in [9.17, 15) is 16.8 Å². The van der Waals surface area contributed by atoms with E-state index >= 15 is 0 Å². The Labute approximate surface area is 102 Å². The summed E-state index contributed by atoms with van der Waals surface area (Å²) >= 11 is 0. The van der Waals surface area contributed by atoms with Crippen molar-refractivity contribution in [2.45, 2.75) is 12.8 Å². The molecule has 2 heterocycles. The molecular weight excluding hydrogens is 264 g/mol. The van der Waals surface area contributed by atoms with Crippen LogP contribution in [0.25, 0.3) is 0 Å². The summed E-state index contributed by atoms with van der Waals surface area (Å²) in [6, 6.07) is 0. The van der Waals surface area contributed by atoms with Crippen LogP contribution in [0.3, 0.4) is 0 Å². The van der Waals surface area contributed by atoms with Crippen molar-refractivity contribution in [3.63, 3.8) is 0 Å². The number of primary sulfonamides is 1. The molecule has 0 amide bonds. The molecule has 6 nitrogen and oxygen atoms in total. The second kappa shape index (κ2) is 4.18. The molecule has 2 rings (SSSR count). The van der Waals surface area contributed by atoms with E-state index in [2.05, 4.69) is 5.32 Å². The molecule has 1 spiro atoms. The van der Waals surface area contributed by atoms with Crippen molar-refractivity contribution in [3.05, 3.63) is 0 Å². The van der Waals surface area contributed by atoms with Crippen LogP contribution in [0.2, 0.25) is 0 Å². The van der Waals surface area contributed by atoms with Gasteiger partial charge in [0.1, 0.15) is 9.84 Å². The van der Waals surface area contributed by atoms with E-state index in [1.807, 2.05) is 0 Å². The number of nitrogens with one attached hydrogen (secondary N) is 1. The number of sulfone groups is 1. The van der Waals surface area contributed by atoms with E-state index in [0.29, 0.717) is 25.9 Å². The molecule has 0 radical (unpaired) electrons. The first-order valence-electron chi connectivity index (χ1n) is 5.64. The summed E-state index contributed by atoms with van der Waals surface area (Å²) in [5.41, 5.74) is -0.197. The highest BCUT2D eigenvalue weighted by molar-refractivity contribution is 7.91. The highest BCUT2D eigenvalue weighted by atomic mass is 32.2. The third kappa shape index (κ3) is 2.98. The van der Waals surface area contributed by atoms with Gasteiger partial charge in [-0.15, -0.1) is 0 Å². The minimum Gasteiger partial charge on any atom is -0.316 e. The lowest BCUT2D eigenvalue weighted by Crippen LogP contribution is -2.42. The highest BCUT2D eigenvalue weighted by Gasteiger charge is 2.47. The zero-order valence-corrected chi connectivity index (χ0v) is 11.2. The van der Waals surface area contributed by atoms with Crippen LogP contribution in [-0.2, 0) is 19.9 Å². The molecule has 0 aromatic rings. The molecule has 17 heavy (non-hydrogen) atoms. The summed E-state index contributed by atoms with van der Waals surface area (Å²) in [6.07, 6.45) is 1.09. The summed E-state index contributed by atoms with van der Waals surface area (Å²) in [5.74, 6) is 0.207. The van der Waals surface area contributed by atoms with Gasteiger partial charge in [0.15, 0.2) is 0 Å². The van der Waals surface area contributed by atoms with E-state index in [1.54, 1.807) is 0 Å². The molecule has 1 unspecified atom stereocenters. The number of hydrogen-bond acceptors (Lipinski definition) is 5. The molecule has 2 fully saturated rings. The van der Waals surface area contributed by atoms with E-state index in [1.165, 1.54) is 0 Å². The van der Waals surface area contributed by atoms with E-state index < -0.39 is 19.9 Å². The Morgan fingerprint density at radius 3 is 2.41 bits per heavy atom. The topological polar surface area (TPSA) is 106 Å². The smallest absolute Gasteiger partial charge is 0.209 e. The number of rotatable bonds is 2. The monoisotopic (exact) mass is 282 g/mol. The Balaban J connectivity index is 2.14. The maximum Gasteiger partial charge on any atom is 0.209 e. The zero-order valence-electron chi connectivity index (χ0n) is 9.55. The molecule has 2 saturated heterocycles. The van der Waals surface area contributed by atoms with Gasteiger partial charge in [-0.05, 0) is 30.7 Å². The molecule has 8 heteroatoms. The lowest BCUT2D eigenvalue weighted by Gasteiger charge is -2.37. The largest absolute Gasteiger partial charge is 0.316 e. The summed E-state index contributed by atoms with van der Waals surface area (Å²) < 4.78 is 45.2.